The minimum absolute atomic E-state index is 0.0355. The summed E-state index contributed by atoms with van der Waals surface area (Å²) in [5.74, 6) is -0.0682. The lowest BCUT2D eigenvalue weighted by Crippen LogP contribution is -2.00. The molecule has 0 bridgehead atoms. The molecule has 0 radical (unpaired) electrons. The Bertz CT molecular complexity index is 942. The summed E-state index contributed by atoms with van der Waals surface area (Å²) in [4.78, 5) is 8.50. The summed E-state index contributed by atoms with van der Waals surface area (Å²) >= 11 is 3.45. The predicted octanol–water partition coefficient (Wildman–Crippen LogP) is 3.72. The van der Waals surface area contributed by atoms with Gasteiger partial charge in [-0.05, 0) is 18.2 Å². The Balaban J connectivity index is 1.96. The van der Waals surface area contributed by atoms with E-state index in [2.05, 4.69) is 36.1 Å². The molecular weight excluding hydrogens is 348 g/mol. The molecule has 6 nitrogen and oxygen atoms in total. The molecule has 7 heteroatoms. The second kappa shape index (κ2) is 4.74. The molecule has 0 aliphatic carbocycles. The zero-order valence-corrected chi connectivity index (χ0v) is 12.7. The van der Waals surface area contributed by atoms with Crippen molar-refractivity contribution in [2.75, 3.05) is 0 Å². The fourth-order valence-corrected chi connectivity index (χ4v) is 2.93. The highest BCUT2D eigenvalue weighted by Gasteiger charge is 2.26. The van der Waals surface area contributed by atoms with Crippen molar-refractivity contribution < 1.29 is 10.2 Å². The predicted molar refractivity (Wildman–Crippen MR) is 84.8 cm³/mol. The lowest BCUT2D eigenvalue weighted by molar-refractivity contribution is 0.404. The summed E-state index contributed by atoms with van der Waals surface area (Å²) in [5, 5.41) is 26.7. The third kappa shape index (κ3) is 1.93. The van der Waals surface area contributed by atoms with E-state index < -0.39 is 0 Å². The minimum atomic E-state index is -0.339. The number of nitrogens with zero attached hydrogens (tertiary/aromatic N) is 4. The van der Waals surface area contributed by atoms with Gasteiger partial charge in [0.2, 0.25) is 5.75 Å². The van der Waals surface area contributed by atoms with Gasteiger partial charge in [-0.25, -0.2) is 9.97 Å². The number of benzene rings is 2. The molecule has 108 valence electrons. The van der Waals surface area contributed by atoms with Gasteiger partial charge in [0.15, 0.2) is 0 Å². The van der Waals surface area contributed by atoms with E-state index in [0.29, 0.717) is 16.6 Å². The summed E-state index contributed by atoms with van der Waals surface area (Å²) in [6, 6.07) is 8.46. The van der Waals surface area contributed by atoms with Gasteiger partial charge in [0.1, 0.15) is 12.4 Å². The average Bonchev–Trinajstić information content (AvgIpc) is 2.91. The molecule has 1 aromatic heterocycles. The summed E-state index contributed by atoms with van der Waals surface area (Å²) in [6.07, 6.45) is 1.44. The number of aromatic nitrogens is 2. The fraction of sp³-hybridized carbons (Fsp3) is 0.0667. The maximum Gasteiger partial charge on any atom is 0.298 e. The zero-order chi connectivity index (χ0) is 15.3. The van der Waals surface area contributed by atoms with E-state index >= 15 is 0 Å². The highest BCUT2D eigenvalue weighted by molar-refractivity contribution is 9.10. The van der Waals surface area contributed by atoms with Crippen molar-refractivity contribution in [3.63, 3.8) is 0 Å². The van der Waals surface area contributed by atoms with E-state index in [9.17, 15) is 5.11 Å². The fourth-order valence-electron chi connectivity index (χ4n) is 2.55. The number of hydrogen-bond acceptors (Lipinski definition) is 5. The molecule has 3 aromatic rings. The topological polar surface area (TPSA) is 93.6 Å². The minimum Gasteiger partial charge on any atom is -0.591 e. The van der Waals surface area contributed by atoms with E-state index in [4.69, 9.17) is 5.11 Å². The molecule has 2 heterocycles. The Labute approximate surface area is 133 Å². The monoisotopic (exact) mass is 357 g/mol. The van der Waals surface area contributed by atoms with Crippen LogP contribution in [0.4, 0.5) is 5.69 Å². The first-order valence-corrected chi connectivity index (χ1v) is 7.32. The smallest absolute Gasteiger partial charge is 0.298 e. The molecular formula is C15H10BrN4O2+. The van der Waals surface area contributed by atoms with Crippen molar-refractivity contribution in [1.29, 1.82) is 0 Å². The maximum atomic E-state index is 9.82. The second-order valence-electron chi connectivity index (χ2n) is 4.97. The van der Waals surface area contributed by atoms with Gasteiger partial charge in [-0.3, -0.25) is 0 Å². The van der Waals surface area contributed by atoms with Gasteiger partial charge in [0.05, 0.1) is 23.0 Å². The number of phenolic OH excluding ortho intramolecular Hbond substituents is 1. The van der Waals surface area contributed by atoms with Crippen LogP contribution in [0.3, 0.4) is 0 Å². The average molecular weight is 358 g/mol. The largest absolute Gasteiger partial charge is 0.591 e. The number of rotatable bonds is 1. The number of halogens is 1. The van der Waals surface area contributed by atoms with Gasteiger partial charge >= 0.3 is 0 Å². The van der Waals surface area contributed by atoms with E-state index in [-0.39, 0.29) is 17.5 Å². The Morgan fingerprint density at radius 1 is 1.14 bits per heavy atom. The lowest BCUT2D eigenvalue weighted by Gasteiger charge is -2.10. The number of phenols is 1. The van der Waals surface area contributed by atoms with Gasteiger partial charge < -0.3 is 10.2 Å². The molecule has 4 rings (SSSR count). The van der Waals surface area contributed by atoms with Gasteiger partial charge in [-0.1, -0.05) is 15.9 Å². The second-order valence-corrected chi connectivity index (χ2v) is 5.88. The van der Waals surface area contributed by atoms with Crippen LogP contribution in [-0.4, -0.2) is 20.2 Å². The standard InChI is InChI=1S/C15H9BrN4O2/c16-7-1-2-10-8(3-7)15(20-19-10)14-9-4-12(21)13(22)5-11(9)17-6-18-14/h1-6,15,21-22H/p+1. The Morgan fingerprint density at radius 2 is 2.00 bits per heavy atom. The summed E-state index contributed by atoms with van der Waals surface area (Å²) in [7, 11) is 0. The molecule has 22 heavy (non-hydrogen) atoms. The van der Waals surface area contributed by atoms with Crippen LogP contribution in [0.15, 0.2) is 51.4 Å². The Morgan fingerprint density at radius 3 is 2.86 bits per heavy atom. The molecule has 1 atom stereocenters. The SMILES string of the molecule is Oc1cc2c(C3N=Nc4ccc(Br)cc43)ncnc2cc1[OH2+]. The van der Waals surface area contributed by atoms with Gasteiger partial charge in [0, 0.05) is 21.5 Å². The molecule has 1 aliphatic rings. The lowest BCUT2D eigenvalue weighted by atomic mass is 10.00. The van der Waals surface area contributed by atoms with Crippen LogP contribution in [0.1, 0.15) is 17.3 Å². The van der Waals surface area contributed by atoms with E-state index in [1.54, 1.807) is 0 Å². The normalized spacial score (nSPS) is 16.1. The first-order valence-electron chi connectivity index (χ1n) is 6.53. The molecule has 0 amide bonds. The van der Waals surface area contributed by atoms with Crippen LogP contribution >= 0.6 is 15.9 Å². The molecule has 2 aromatic carbocycles. The summed E-state index contributed by atoms with van der Waals surface area (Å²) < 4.78 is 0.943. The number of fused-ring (bicyclic) bond motifs is 2. The first-order chi connectivity index (χ1) is 10.6. The zero-order valence-electron chi connectivity index (χ0n) is 11.2. The van der Waals surface area contributed by atoms with Gasteiger partial charge in [0.25, 0.3) is 5.75 Å². The third-order valence-electron chi connectivity index (χ3n) is 3.61. The third-order valence-corrected chi connectivity index (χ3v) is 4.10. The van der Waals surface area contributed by atoms with Gasteiger partial charge in [-0.15, -0.1) is 0 Å². The number of hydrogen-bond donors (Lipinski definition) is 1. The molecule has 3 N–H and O–H groups in total. The van der Waals surface area contributed by atoms with Crippen molar-refractivity contribution in [3.05, 3.63) is 52.4 Å². The molecule has 0 saturated carbocycles. The van der Waals surface area contributed by atoms with E-state index in [0.717, 1.165) is 15.7 Å². The number of aromatic hydroxyl groups is 1. The highest BCUT2D eigenvalue weighted by Crippen LogP contribution is 2.43. The van der Waals surface area contributed by atoms with Crippen LogP contribution in [0.25, 0.3) is 10.9 Å². The van der Waals surface area contributed by atoms with Crippen LogP contribution in [0.2, 0.25) is 0 Å². The molecule has 1 unspecified atom stereocenters. The van der Waals surface area contributed by atoms with Crippen LogP contribution in [0.5, 0.6) is 11.5 Å². The molecule has 0 fully saturated rings. The summed E-state index contributed by atoms with van der Waals surface area (Å²) in [6.45, 7) is 0. The van der Waals surface area contributed by atoms with Gasteiger partial charge in [-0.2, -0.15) is 10.2 Å². The van der Waals surface area contributed by atoms with Crippen molar-refractivity contribution in [3.8, 4) is 11.5 Å². The van der Waals surface area contributed by atoms with E-state index in [1.807, 2.05) is 18.2 Å². The highest BCUT2D eigenvalue weighted by atomic mass is 79.9. The Hall–Kier alpha value is -2.54. The van der Waals surface area contributed by atoms with Crippen molar-refractivity contribution >= 4 is 32.5 Å². The van der Waals surface area contributed by atoms with Crippen LogP contribution < -0.4 is 0 Å². The van der Waals surface area contributed by atoms with Crippen LogP contribution in [0, 0.1) is 0 Å². The maximum absolute atomic E-state index is 9.82. The summed E-state index contributed by atoms with van der Waals surface area (Å²) in [5.41, 5.74) is 3.03. The van der Waals surface area contributed by atoms with Crippen LogP contribution in [-0.2, 0) is 0 Å². The first kappa shape index (κ1) is 13.1. The molecule has 1 aliphatic heterocycles. The number of azo groups is 1. The van der Waals surface area contributed by atoms with Crippen molar-refractivity contribution in [2.24, 2.45) is 10.2 Å². The van der Waals surface area contributed by atoms with Crippen molar-refractivity contribution in [1.82, 2.24) is 9.97 Å². The quantitative estimate of drug-likeness (QED) is 0.672. The van der Waals surface area contributed by atoms with Crippen molar-refractivity contribution in [2.45, 2.75) is 6.04 Å². The molecule has 0 saturated heterocycles. The Kier molecular flexibility index (Phi) is 2.83. The molecule has 0 spiro atoms. The van der Waals surface area contributed by atoms with E-state index in [1.165, 1.54) is 18.5 Å².